The fourth-order valence-electron chi connectivity index (χ4n) is 3.30. The molecule has 0 aliphatic carbocycles. The largest absolute Gasteiger partial charge is 0.342 e. The molecule has 0 unspecified atom stereocenters. The standard InChI is InChI=1S/C17H13ClN8O/c1-24-11-4-3-9(5-12(11)25(2)17(24)27)26-15(10-6-19-7-20-10)23-13-14(18)21-8-22-16(13)26/h3-8H,1-2H3,(H,19,20). The summed E-state index contributed by atoms with van der Waals surface area (Å²) in [7, 11) is 3.50. The lowest BCUT2D eigenvalue weighted by molar-refractivity contribution is 0.795. The number of rotatable bonds is 2. The first kappa shape index (κ1) is 15.8. The molecular weight excluding hydrogens is 368 g/mol. The predicted molar refractivity (Wildman–Crippen MR) is 101 cm³/mol. The zero-order valence-corrected chi connectivity index (χ0v) is 15.1. The zero-order chi connectivity index (χ0) is 18.7. The number of H-pyrrole nitrogens is 1. The molecule has 0 spiro atoms. The highest BCUT2D eigenvalue weighted by Crippen LogP contribution is 2.30. The number of halogens is 1. The van der Waals surface area contributed by atoms with Crippen LogP contribution in [0.2, 0.25) is 5.15 Å². The van der Waals surface area contributed by atoms with Crippen molar-refractivity contribution < 1.29 is 0 Å². The van der Waals surface area contributed by atoms with E-state index < -0.39 is 0 Å². The van der Waals surface area contributed by atoms with E-state index in [0.29, 0.717) is 22.7 Å². The molecule has 9 nitrogen and oxygen atoms in total. The second-order valence-electron chi connectivity index (χ2n) is 6.15. The first-order valence-corrected chi connectivity index (χ1v) is 8.47. The highest BCUT2D eigenvalue weighted by Gasteiger charge is 2.19. The molecule has 1 N–H and O–H groups in total. The van der Waals surface area contributed by atoms with Crippen LogP contribution in [-0.4, -0.2) is 38.6 Å². The Bertz CT molecular complexity index is 1380. The molecule has 0 fully saturated rings. The molecule has 134 valence electrons. The second-order valence-corrected chi connectivity index (χ2v) is 6.50. The number of hydrogen-bond donors (Lipinski definition) is 1. The van der Waals surface area contributed by atoms with Crippen LogP contribution in [0.1, 0.15) is 0 Å². The Morgan fingerprint density at radius 2 is 1.93 bits per heavy atom. The van der Waals surface area contributed by atoms with E-state index in [-0.39, 0.29) is 10.8 Å². The van der Waals surface area contributed by atoms with Crippen molar-refractivity contribution in [2.75, 3.05) is 0 Å². The minimum Gasteiger partial charge on any atom is -0.342 e. The van der Waals surface area contributed by atoms with Crippen LogP contribution in [-0.2, 0) is 14.1 Å². The molecule has 0 saturated heterocycles. The minimum absolute atomic E-state index is 0.0863. The van der Waals surface area contributed by atoms with Crippen molar-refractivity contribution in [2.24, 2.45) is 14.1 Å². The van der Waals surface area contributed by atoms with Gasteiger partial charge < -0.3 is 4.98 Å². The van der Waals surface area contributed by atoms with Gasteiger partial charge in [-0.25, -0.2) is 24.7 Å². The fourth-order valence-corrected chi connectivity index (χ4v) is 3.47. The van der Waals surface area contributed by atoms with Crippen molar-refractivity contribution >= 4 is 33.8 Å². The third kappa shape index (κ3) is 2.15. The van der Waals surface area contributed by atoms with Crippen LogP contribution in [0.15, 0.2) is 41.8 Å². The molecule has 10 heteroatoms. The lowest BCUT2D eigenvalue weighted by Crippen LogP contribution is -2.19. The van der Waals surface area contributed by atoms with Gasteiger partial charge in [-0.1, -0.05) is 11.6 Å². The maximum Gasteiger partial charge on any atom is 0.328 e. The van der Waals surface area contributed by atoms with Crippen molar-refractivity contribution in [3.05, 3.63) is 52.7 Å². The number of nitrogens with zero attached hydrogens (tertiary/aromatic N) is 7. The number of aromatic amines is 1. The van der Waals surface area contributed by atoms with Crippen molar-refractivity contribution in [3.8, 4) is 17.2 Å². The third-order valence-corrected chi connectivity index (χ3v) is 4.93. The zero-order valence-electron chi connectivity index (χ0n) is 14.4. The molecular formula is C17H13ClN8O. The van der Waals surface area contributed by atoms with Crippen LogP contribution >= 0.6 is 11.6 Å². The molecule has 5 aromatic rings. The number of aromatic nitrogens is 8. The molecule has 0 atom stereocenters. The van der Waals surface area contributed by atoms with Crippen LogP contribution in [0.25, 0.3) is 39.4 Å². The van der Waals surface area contributed by atoms with Crippen LogP contribution in [0.3, 0.4) is 0 Å². The lowest BCUT2D eigenvalue weighted by Gasteiger charge is -2.08. The van der Waals surface area contributed by atoms with Crippen molar-refractivity contribution in [3.63, 3.8) is 0 Å². The van der Waals surface area contributed by atoms with E-state index in [1.807, 2.05) is 22.8 Å². The Morgan fingerprint density at radius 1 is 1.11 bits per heavy atom. The summed E-state index contributed by atoms with van der Waals surface area (Å²) in [6.45, 7) is 0. The molecule has 0 aliphatic rings. The summed E-state index contributed by atoms with van der Waals surface area (Å²) in [5.41, 5.74) is 4.13. The third-order valence-electron chi connectivity index (χ3n) is 4.65. The SMILES string of the molecule is Cn1c(=O)n(C)c2cc(-n3c(-c4cnc[nH]4)nc4c(Cl)ncnc43)ccc21. The van der Waals surface area contributed by atoms with E-state index in [0.717, 1.165) is 16.7 Å². The Labute approximate surface area is 156 Å². The summed E-state index contributed by atoms with van der Waals surface area (Å²) in [4.78, 5) is 32.4. The summed E-state index contributed by atoms with van der Waals surface area (Å²) in [5, 5.41) is 0.271. The maximum absolute atomic E-state index is 12.3. The van der Waals surface area contributed by atoms with Crippen LogP contribution in [0.5, 0.6) is 0 Å². The summed E-state index contributed by atoms with van der Waals surface area (Å²) in [6, 6.07) is 5.74. The Balaban J connectivity index is 1.89. The average molecular weight is 381 g/mol. The molecule has 1 aromatic carbocycles. The summed E-state index contributed by atoms with van der Waals surface area (Å²) < 4.78 is 5.09. The van der Waals surface area contributed by atoms with Crippen molar-refractivity contribution in [2.45, 2.75) is 0 Å². The van der Waals surface area contributed by atoms with E-state index in [9.17, 15) is 4.79 Å². The van der Waals surface area contributed by atoms with Gasteiger partial charge in [-0.3, -0.25) is 13.7 Å². The normalized spacial score (nSPS) is 11.7. The monoisotopic (exact) mass is 380 g/mol. The summed E-state index contributed by atoms with van der Waals surface area (Å²) in [6.07, 6.45) is 4.66. The Morgan fingerprint density at radius 3 is 2.70 bits per heavy atom. The molecule has 0 amide bonds. The highest BCUT2D eigenvalue weighted by molar-refractivity contribution is 6.33. The molecule has 0 saturated carbocycles. The molecule has 0 aliphatic heterocycles. The quantitative estimate of drug-likeness (QED) is 0.472. The van der Waals surface area contributed by atoms with Crippen LogP contribution in [0.4, 0.5) is 0 Å². The van der Waals surface area contributed by atoms with Crippen molar-refractivity contribution in [1.82, 2.24) is 38.6 Å². The van der Waals surface area contributed by atoms with Gasteiger partial charge in [0.25, 0.3) is 0 Å². The van der Waals surface area contributed by atoms with E-state index in [1.54, 1.807) is 35.8 Å². The first-order valence-electron chi connectivity index (χ1n) is 8.10. The smallest absolute Gasteiger partial charge is 0.328 e. The van der Waals surface area contributed by atoms with Gasteiger partial charge >= 0.3 is 5.69 Å². The number of aryl methyl sites for hydroxylation is 2. The summed E-state index contributed by atoms with van der Waals surface area (Å²) in [5.74, 6) is 0.602. The number of fused-ring (bicyclic) bond motifs is 2. The van der Waals surface area contributed by atoms with E-state index in [4.69, 9.17) is 11.6 Å². The second kappa shape index (κ2) is 5.52. The number of benzene rings is 1. The van der Waals surface area contributed by atoms with Crippen LogP contribution < -0.4 is 5.69 Å². The van der Waals surface area contributed by atoms with Gasteiger partial charge in [0.1, 0.15) is 17.5 Å². The van der Waals surface area contributed by atoms with Gasteiger partial charge in [0.2, 0.25) is 0 Å². The average Bonchev–Trinajstić information content (AvgIpc) is 3.37. The molecule has 4 aromatic heterocycles. The van der Waals surface area contributed by atoms with E-state index in [2.05, 4.69) is 24.9 Å². The number of hydrogen-bond acceptors (Lipinski definition) is 5. The number of imidazole rings is 3. The summed E-state index contributed by atoms with van der Waals surface area (Å²) >= 11 is 6.23. The maximum atomic E-state index is 12.3. The van der Waals surface area contributed by atoms with Gasteiger partial charge in [0, 0.05) is 14.1 Å². The molecule has 4 heterocycles. The number of nitrogens with one attached hydrogen (secondary N) is 1. The van der Waals surface area contributed by atoms with Crippen LogP contribution in [0, 0.1) is 0 Å². The Kier molecular flexibility index (Phi) is 3.22. The van der Waals surface area contributed by atoms with E-state index in [1.165, 1.54) is 6.33 Å². The van der Waals surface area contributed by atoms with Gasteiger partial charge in [0.15, 0.2) is 16.6 Å². The van der Waals surface area contributed by atoms with Gasteiger partial charge in [-0.2, -0.15) is 0 Å². The van der Waals surface area contributed by atoms with Gasteiger partial charge in [0.05, 0.1) is 29.2 Å². The fraction of sp³-hybridized carbons (Fsp3) is 0.118. The van der Waals surface area contributed by atoms with Gasteiger partial charge in [-0.05, 0) is 18.2 Å². The molecule has 5 rings (SSSR count). The van der Waals surface area contributed by atoms with Gasteiger partial charge in [-0.15, -0.1) is 0 Å². The van der Waals surface area contributed by atoms with Crippen molar-refractivity contribution in [1.29, 1.82) is 0 Å². The lowest BCUT2D eigenvalue weighted by atomic mass is 10.2. The highest BCUT2D eigenvalue weighted by atomic mass is 35.5. The molecule has 0 radical (unpaired) electrons. The molecule has 0 bridgehead atoms. The van der Waals surface area contributed by atoms with E-state index >= 15 is 0 Å². The predicted octanol–water partition coefficient (Wildman–Crippen LogP) is 2.05. The molecule has 27 heavy (non-hydrogen) atoms. The first-order chi connectivity index (χ1) is 13.1. The Hall–Kier alpha value is -3.46. The minimum atomic E-state index is -0.0863. The topological polar surface area (TPSA) is 99.2 Å².